The number of hydrogen-bond donors (Lipinski definition) is 1. The van der Waals surface area contributed by atoms with Crippen molar-refractivity contribution < 1.29 is 22.7 Å². The van der Waals surface area contributed by atoms with E-state index < -0.39 is 16.0 Å². The highest BCUT2D eigenvalue weighted by atomic mass is 35.5. The Labute approximate surface area is 322 Å². The van der Waals surface area contributed by atoms with Crippen LogP contribution >= 0.6 is 46.6 Å². The van der Waals surface area contributed by atoms with Gasteiger partial charge in [0.2, 0.25) is 10.0 Å². The lowest BCUT2D eigenvalue weighted by atomic mass is 9.97. The van der Waals surface area contributed by atoms with Crippen molar-refractivity contribution in [2.75, 3.05) is 25.3 Å². The van der Waals surface area contributed by atoms with Crippen LogP contribution in [0, 0.1) is 0 Å². The maximum Gasteiger partial charge on any atom is 0.337 e. The van der Waals surface area contributed by atoms with E-state index in [1.165, 1.54) is 7.11 Å². The van der Waals surface area contributed by atoms with Gasteiger partial charge in [0, 0.05) is 45.9 Å². The highest BCUT2D eigenvalue weighted by Crippen LogP contribution is 2.38. The summed E-state index contributed by atoms with van der Waals surface area (Å²) >= 11 is 20.3. The number of carbonyl (C=O) groups excluding carboxylic acids is 1. The summed E-state index contributed by atoms with van der Waals surface area (Å²) in [7, 11) is -2.39. The Balaban J connectivity index is 1.36. The third-order valence-corrected chi connectivity index (χ3v) is 12.7. The molecule has 6 aromatic rings. The molecule has 0 aliphatic rings. The minimum absolute atomic E-state index is 0.141. The quantitative estimate of drug-likeness (QED) is 0.0824. The number of halogens is 3. The van der Waals surface area contributed by atoms with Gasteiger partial charge >= 0.3 is 5.97 Å². The van der Waals surface area contributed by atoms with E-state index in [9.17, 15) is 13.2 Å². The Morgan fingerprint density at radius 3 is 2.06 bits per heavy atom. The first-order valence-electron chi connectivity index (χ1n) is 16.4. The zero-order chi connectivity index (χ0) is 36.7. The number of aromatic nitrogens is 1. The standard InChI is InChI=1S/C40H35Cl3N2O5S2/c1-49-40(46)29-15-18-31(19-16-29)50-24-22-32-33-25-30(41)17-20-36(33)45(38(27-9-4-2-5-10-27)28-11-6-3-7-12-28)37(32)21-23-44-52(47,48)26-51-39-34(42)13-8-14-35(39)43/h2-20,25,38,44H,21-24,26H2,1H3. The Morgan fingerprint density at radius 1 is 0.808 bits per heavy atom. The van der Waals surface area contributed by atoms with Crippen LogP contribution in [0.15, 0.2) is 126 Å². The summed E-state index contributed by atoms with van der Waals surface area (Å²) in [6.45, 7) is 0.459. The zero-order valence-corrected chi connectivity index (χ0v) is 32.0. The predicted molar refractivity (Wildman–Crippen MR) is 212 cm³/mol. The summed E-state index contributed by atoms with van der Waals surface area (Å²) in [6, 6.07) is 37.9. The van der Waals surface area contributed by atoms with E-state index in [0.717, 1.165) is 45.0 Å². The van der Waals surface area contributed by atoms with Gasteiger partial charge in [-0.3, -0.25) is 0 Å². The van der Waals surface area contributed by atoms with Crippen LogP contribution in [-0.4, -0.2) is 44.3 Å². The van der Waals surface area contributed by atoms with Crippen LogP contribution < -0.4 is 9.46 Å². The number of nitrogens with one attached hydrogen (secondary N) is 1. The van der Waals surface area contributed by atoms with Crippen molar-refractivity contribution in [3.63, 3.8) is 0 Å². The minimum Gasteiger partial charge on any atom is -0.493 e. The number of benzene rings is 5. The second-order valence-corrected chi connectivity index (χ2v) is 16.3. The fraction of sp³-hybridized carbons (Fsp3) is 0.175. The Bertz CT molecular complexity index is 2210. The molecule has 1 aromatic heterocycles. The van der Waals surface area contributed by atoms with E-state index in [0.29, 0.717) is 50.7 Å². The van der Waals surface area contributed by atoms with Crippen molar-refractivity contribution in [3.8, 4) is 5.75 Å². The molecule has 52 heavy (non-hydrogen) atoms. The number of esters is 1. The van der Waals surface area contributed by atoms with Crippen LogP contribution in [0.25, 0.3) is 10.9 Å². The topological polar surface area (TPSA) is 86.6 Å². The molecule has 0 saturated carbocycles. The third-order valence-electron chi connectivity index (χ3n) is 8.53. The normalized spacial score (nSPS) is 11.6. The average Bonchev–Trinajstić information content (AvgIpc) is 3.43. The summed E-state index contributed by atoms with van der Waals surface area (Å²) in [4.78, 5) is 12.4. The lowest BCUT2D eigenvalue weighted by molar-refractivity contribution is 0.0600. The van der Waals surface area contributed by atoms with Crippen LogP contribution in [0.1, 0.15) is 38.8 Å². The molecule has 6 rings (SSSR count). The van der Waals surface area contributed by atoms with Crippen molar-refractivity contribution in [2.24, 2.45) is 0 Å². The van der Waals surface area contributed by atoms with Crippen LogP contribution in [0.4, 0.5) is 0 Å². The molecule has 268 valence electrons. The van der Waals surface area contributed by atoms with Crippen molar-refractivity contribution in [1.29, 1.82) is 0 Å². The second kappa shape index (κ2) is 17.2. The Kier molecular flexibility index (Phi) is 12.5. The molecule has 0 fully saturated rings. The van der Waals surface area contributed by atoms with Gasteiger partial charge in [0.05, 0.1) is 35.4 Å². The first-order valence-corrected chi connectivity index (χ1v) is 20.2. The molecule has 0 spiro atoms. The number of nitrogens with zero attached hydrogens (tertiary/aromatic N) is 1. The largest absolute Gasteiger partial charge is 0.493 e. The highest BCUT2D eigenvalue weighted by Gasteiger charge is 2.26. The van der Waals surface area contributed by atoms with Gasteiger partial charge in [0.1, 0.15) is 10.8 Å². The van der Waals surface area contributed by atoms with E-state index in [-0.39, 0.29) is 17.7 Å². The van der Waals surface area contributed by atoms with Crippen LogP contribution in [0.2, 0.25) is 15.1 Å². The number of carbonyl (C=O) groups is 1. The first-order chi connectivity index (χ1) is 25.1. The SMILES string of the molecule is COC(=O)c1ccc(OCCc2c(CCNS(=O)(=O)CSc3c(Cl)cccc3Cl)n(C(c3ccccc3)c3ccccc3)c3ccc(Cl)cc23)cc1. The number of rotatable bonds is 15. The molecule has 0 radical (unpaired) electrons. The minimum atomic E-state index is -3.73. The van der Waals surface area contributed by atoms with Gasteiger partial charge in [-0.15, -0.1) is 11.8 Å². The summed E-state index contributed by atoms with van der Waals surface area (Å²) in [5.41, 5.74) is 5.48. The first kappa shape index (κ1) is 37.8. The van der Waals surface area contributed by atoms with E-state index in [1.807, 2.05) is 54.6 Å². The fourth-order valence-electron chi connectivity index (χ4n) is 6.21. The maximum atomic E-state index is 13.3. The number of methoxy groups -OCH3 is 1. The van der Waals surface area contributed by atoms with Crippen molar-refractivity contribution in [1.82, 2.24) is 9.29 Å². The average molecular weight is 794 g/mol. The zero-order valence-electron chi connectivity index (χ0n) is 28.1. The molecule has 0 aliphatic carbocycles. The van der Waals surface area contributed by atoms with E-state index in [1.54, 1.807) is 42.5 Å². The predicted octanol–water partition coefficient (Wildman–Crippen LogP) is 9.86. The van der Waals surface area contributed by atoms with Gasteiger partial charge in [-0.25, -0.2) is 17.9 Å². The summed E-state index contributed by atoms with van der Waals surface area (Å²) < 4.78 is 42.7. The molecule has 1 heterocycles. The monoisotopic (exact) mass is 792 g/mol. The summed E-state index contributed by atoms with van der Waals surface area (Å²) in [5, 5.41) is 2.09. The number of hydrogen-bond acceptors (Lipinski definition) is 6. The van der Waals surface area contributed by atoms with Crippen molar-refractivity contribution in [2.45, 2.75) is 23.8 Å². The van der Waals surface area contributed by atoms with Gasteiger partial charge < -0.3 is 14.0 Å². The molecule has 1 N–H and O–H groups in total. The molecule has 5 aromatic carbocycles. The van der Waals surface area contributed by atoms with Gasteiger partial charge in [0.15, 0.2) is 0 Å². The van der Waals surface area contributed by atoms with Gasteiger partial charge in [-0.1, -0.05) is 102 Å². The molecular formula is C40H35Cl3N2O5S2. The maximum absolute atomic E-state index is 13.3. The van der Waals surface area contributed by atoms with Crippen LogP contribution in [-0.2, 0) is 27.6 Å². The second-order valence-electron chi connectivity index (χ2n) is 11.9. The number of thioether (sulfide) groups is 1. The number of sulfonamides is 1. The molecule has 0 amide bonds. The molecule has 0 bridgehead atoms. The lowest BCUT2D eigenvalue weighted by Gasteiger charge is -2.25. The van der Waals surface area contributed by atoms with E-state index >= 15 is 0 Å². The molecule has 0 saturated heterocycles. The molecule has 7 nitrogen and oxygen atoms in total. The Hall–Kier alpha value is -3.96. The Morgan fingerprint density at radius 2 is 1.44 bits per heavy atom. The molecule has 12 heteroatoms. The van der Waals surface area contributed by atoms with Crippen LogP contribution in [0.5, 0.6) is 5.75 Å². The van der Waals surface area contributed by atoms with Gasteiger partial charge in [-0.2, -0.15) is 0 Å². The number of fused-ring (bicyclic) bond motifs is 1. The van der Waals surface area contributed by atoms with Crippen LogP contribution in [0.3, 0.4) is 0 Å². The van der Waals surface area contributed by atoms with Gasteiger partial charge in [-0.05, 0) is 71.3 Å². The van der Waals surface area contributed by atoms with E-state index in [4.69, 9.17) is 44.3 Å². The van der Waals surface area contributed by atoms with E-state index in [2.05, 4.69) is 33.6 Å². The molecule has 0 aliphatic heterocycles. The van der Waals surface area contributed by atoms with Crippen molar-refractivity contribution in [3.05, 3.63) is 164 Å². The summed E-state index contributed by atoms with van der Waals surface area (Å²) in [5.74, 6) is 0.181. The number of ether oxygens (including phenoxy) is 2. The van der Waals surface area contributed by atoms with Gasteiger partial charge in [0.25, 0.3) is 0 Å². The fourth-order valence-corrected chi connectivity index (χ4v) is 9.36. The smallest absolute Gasteiger partial charge is 0.337 e. The molecule has 0 atom stereocenters. The van der Waals surface area contributed by atoms with Crippen molar-refractivity contribution >= 4 is 73.5 Å². The summed E-state index contributed by atoms with van der Waals surface area (Å²) in [6.07, 6.45) is 0.879. The lowest BCUT2D eigenvalue weighted by Crippen LogP contribution is -2.28. The highest BCUT2D eigenvalue weighted by molar-refractivity contribution is 8.11. The molecular weight excluding hydrogens is 759 g/mol. The molecule has 0 unspecified atom stereocenters. The third kappa shape index (κ3) is 8.97.